The summed E-state index contributed by atoms with van der Waals surface area (Å²) in [5.41, 5.74) is 2.81. The maximum Gasteiger partial charge on any atom is 0.0587 e. The standard InChI is InChI=1S/C6H8S.C2H3N/c1-5-3-7-4-6(5)2;1-2-3/h3-4H,1-2H3;1H3. The van der Waals surface area contributed by atoms with Gasteiger partial charge in [0.25, 0.3) is 0 Å². The molecule has 54 valence electrons. The molecule has 1 aromatic rings. The molecular weight excluding hydrogens is 142 g/mol. The summed E-state index contributed by atoms with van der Waals surface area (Å²) in [5.74, 6) is 0. The minimum absolute atomic E-state index is 1.41. The van der Waals surface area contributed by atoms with E-state index in [4.69, 9.17) is 5.26 Å². The highest BCUT2D eigenvalue weighted by Crippen LogP contribution is 2.10. The molecule has 0 aromatic carbocycles. The van der Waals surface area contributed by atoms with Crippen molar-refractivity contribution in [3.63, 3.8) is 0 Å². The highest BCUT2D eigenvalue weighted by Gasteiger charge is 1.86. The Labute approximate surface area is 65.9 Å². The fourth-order valence-electron chi connectivity index (χ4n) is 0.424. The average Bonchev–Trinajstić information content (AvgIpc) is 2.19. The van der Waals surface area contributed by atoms with E-state index in [2.05, 4.69) is 24.6 Å². The summed E-state index contributed by atoms with van der Waals surface area (Å²) >= 11 is 1.77. The van der Waals surface area contributed by atoms with Crippen molar-refractivity contribution >= 4 is 11.3 Å². The first kappa shape index (κ1) is 9.19. The van der Waals surface area contributed by atoms with E-state index in [0.717, 1.165) is 0 Å². The van der Waals surface area contributed by atoms with E-state index in [0.29, 0.717) is 0 Å². The third kappa shape index (κ3) is 3.26. The Morgan fingerprint density at radius 2 is 1.60 bits per heavy atom. The molecule has 0 aliphatic rings. The summed E-state index contributed by atoms with van der Waals surface area (Å²) in [6.45, 7) is 5.69. The van der Waals surface area contributed by atoms with E-state index in [1.807, 2.05) is 0 Å². The third-order valence-corrected chi connectivity index (χ3v) is 2.09. The number of hydrogen-bond acceptors (Lipinski definition) is 2. The second-order valence-corrected chi connectivity index (χ2v) is 2.70. The van der Waals surface area contributed by atoms with Crippen LogP contribution in [0.15, 0.2) is 10.8 Å². The molecule has 0 radical (unpaired) electrons. The van der Waals surface area contributed by atoms with E-state index in [-0.39, 0.29) is 0 Å². The van der Waals surface area contributed by atoms with Crippen LogP contribution in [0.5, 0.6) is 0 Å². The smallest absolute Gasteiger partial charge is 0.0587 e. The van der Waals surface area contributed by atoms with Gasteiger partial charge in [0, 0.05) is 6.92 Å². The SMILES string of the molecule is CC#N.Cc1cscc1C. The highest BCUT2D eigenvalue weighted by atomic mass is 32.1. The molecule has 0 amide bonds. The van der Waals surface area contributed by atoms with Crippen molar-refractivity contribution in [3.8, 4) is 6.07 Å². The summed E-state index contributed by atoms with van der Waals surface area (Å²) in [4.78, 5) is 0. The minimum Gasteiger partial charge on any atom is -0.199 e. The first-order valence-corrected chi connectivity index (χ1v) is 3.97. The molecule has 0 saturated heterocycles. The molecule has 0 aliphatic carbocycles. The molecule has 0 N–H and O–H groups in total. The number of thiophene rings is 1. The van der Waals surface area contributed by atoms with E-state index in [9.17, 15) is 0 Å². The lowest BCUT2D eigenvalue weighted by Crippen LogP contribution is -1.63. The Bertz CT molecular complexity index is 203. The number of aryl methyl sites for hydroxylation is 2. The Hall–Kier alpha value is -0.810. The molecule has 1 heterocycles. The fourth-order valence-corrected chi connectivity index (χ4v) is 1.27. The molecule has 10 heavy (non-hydrogen) atoms. The Morgan fingerprint density at radius 3 is 1.70 bits per heavy atom. The first-order valence-electron chi connectivity index (χ1n) is 3.02. The first-order chi connectivity index (χ1) is 4.72. The van der Waals surface area contributed by atoms with E-state index >= 15 is 0 Å². The molecule has 1 rings (SSSR count). The number of hydrogen-bond donors (Lipinski definition) is 0. The fraction of sp³-hybridized carbons (Fsp3) is 0.375. The van der Waals surface area contributed by atoms with Gasteiger partial charge in [-0.2, -0.15) is 16.6 Å². The zero-order valence-corrected chi connectivity index (χ0v) is 7.33. The highest BCUT2D eigenvalue weighted by molar-refractivity contribution is 7.08. The lowest BCUT2D eigenvalue weighted by atomic mass is 10.2. The molecule has 0 atom stereocenters. The van der Waals surface area contributed by atoms with Crippen molar-refractivity contribution in [2.24, 2.45) is 0 Å². The van der Waals surface area contributed by atoms with Crippen LogP contribution in [-0.4, -0.2) is 0 Å². The summed E-state index contributed by atoms with van der Waals surface area (Å²) in [5, 5.41) is 11.6. The van der Waals surface area contributed by atoms with Crippen LogP contribution in [-0.2, 0) is 0 Å². The summed E-state index contributed by atoms with van der Waals surface area (Å²) in [6, 6.07) is 1.75. The molecule has 2 heteroatoms. The number of nitrogens with zero attached hydrogens (tertiary/aromatic N) is 1. The van der Waals surface area contributed by atoms with E-state index in [1.165, 1.54) is 18.1 Å². The van der Waals surface area contributed by atoms with E-state index in [1.54, 1.807) is 17.4 Å². The van der Waals surface area contributed by atoms with Crippen LogP contribution in [0.4, 0.5) is 0 Å². The number of rotatable bonds is 0. The predicted octanol–water partition coefficient (Wildman–Crippen LogP) is 2.89. The van der Waals surface area contributed by atoms with Crippen LogP contribution < -0.4 is 0 Å². The lowest BCUT2D eigenvalue weighted by molar-refractivity contribution is 1.41. The maximum atomic E-state index is 7.32. The van der Waals surface area contributed by atoms with Gasteiger partial charge < -0.3 is 0 Å². The molecule has 0 fully saturated rings. The van der Waals surface area contributed by atoms with Crippen LogP contribution in [0.1, 0.15) is 18.1 Å². The molecule has 0 unspecified atom stereocenters. The predicted molar refractivity (Wildman–Crippen MR) is 45.1 cm³/mol. The van der Waals surface area contributed by atoms with Crippen LogP contribution in [0.3, 0.4) is 0 Å². The van der Waals surface area contributed by atoms with Gasteiger partial charge in [-0.15, -0.1) is 0 Å². The molecule has 1 nitrogen and oxygen atoms in total. The molecule has 0 aliphatic heterocycles. The van der Waals surface area contributed by atoms with Gasteiger partial charge in [0.2, 0.25) is 0 Å². The summed E-state index contributed by atoms with van der Waals surface area (Å²) in [7, 11) is 0. The second kappa shape index (κ2) is 5.01. The van der Waals surface area contributed by atoms with Gasteiger partial charge in [-0.05, 0) is 35.7 Å². The molecule has 0 bridgehead atoms. The number of nitriles is 1. The van der Waals surface area contributed by atoms with Crippen LogP contribution in [0, 0.1) is 25.2 Å². The van der Waals surface area contributed by atoms with Gasteiger partial charge in [0.1, 0.15) is 0 Å². The summed E-state index contributed by atoms with van der Waals surface area (Å²) in [6.07, 6.45) is 0. The van der Waals surface area contributed by atoms with Crippen molar-refractivity contribution in [1.29, 1.82) is 5.26 Å². The van der Waals surface area contributed by atoms with E-state index < -0.39 is 0 Å². The van der Waals surface area contributed by atoms with Crippen molar-refractivity contribution < 1.29 is 0 Å². The molecular formula is C8H11NS. The van der Waals surface area contributed by atoms with Crippen molar-refractivity contribution in [2.75, 3.05) is 0 Å². The zero-order chi connectivity index (χ0) is 7.98. The lowest BCUT2D eigenvalue weighted by Gasteiger charge is -1.79. The van der Waals surface area contributed by atoms with Crippen molar-refractivity contribution in [2.45, 2.75) is 20.8 Å². The van der Waals surface area contributed by atoms with Gasteiger partial charge in [-0.1, -0.05) is 0 Å². The average molecular weight is 153 g/mol. The minimum atomic E-state index is 1.41. The Balaban J connectivity index is 0.000000236. The second-order valence-electron chi connectivity index (χ2n) is 1.96. The molecule has 0 spiro atoms. The zero-order valence-electron chi connectivity index (χ0n) is 6.51. The van der Waals surface area contributed by atoms with Crippen LogP contribution in [0.2, 0.25) is 0 Å². The summed E-state index contributed by atoms with van der Waals surface area (Å²) < 4.78 is 0. The van der Waals surface area contributed by atoms with Crippen molar-refractivity contribution in [3.05, 3.63) is 21.9 Å². The third-order valence-electron chi connectivity index (χ3n) is 1.11. The molecule has 1 aromatic heterocycles. The van der Waals surface area contributed by atoms with Crippen LogP contribution in [0.25, 0.3) is 0 Å². The monoisotopic (exact) mass is 153 g/mol. The van der Waals surface area contributed by atoms with Gasteiger partial charge in [0.05, 0.1) is 6.07 Å². The normalized spacial score (nSPS) is 7.40. The van der Waals surface area contributed by atoms with Gasteiger partial charge in [-0.25, -0.2) is 0 Å². The topological polar surface area (TPSA) is 23.8 Å². The Kier molecular flexibility index (Phi) is 4.61. The largest absolute Gasteiger partial charge is 0.199 e. The quantitative estimate of drug-likeness (QED) is 0.562. The Morgan fingerprint density at radius 1 is 1.30 bits per heavy atom. The molecule has 0 saturated carbocycles. The van der Waals surface area contributed by atoms with Crippen LogP contribution >= 0.6 is 11.3 Å². The van der Waals surface area contributed by atoms with Gasteiger partial charge in [0.15, 0.2) is 0 Å². The van der Waals surface area contributed by atoms with Crippen molar-refractivity contribution in [1.82, 2.24) is 0 Å². The maximum absolute atomic E-state index is 7.32. The van der Waals surface area contributed by atoms with Gasteiger partial charge >= 0.3 is 0 Å². The van der Waals surface area contributed by atoms with Gasteiger partial charge in [-0.3, -0.25) is 0 Å².